The van der Waals surface area contributed by atoms with Crippen LogP contribution >= 0.6 is 35.3 Å². The van der Waals surface area contributed by atoms with Crippen LogP contribution in [0.5, 0.6) is 17.2 Å². The van der Waals surface area contributed by atoms with Crippen LogP contribution in [-0.4, -0.2) is 40.4 Å². The molecule has 0 bridgehead atoms. The molecule has 1 heterocycles. The standard InChI is InChI=1S/C21H31N3O3S.HI/c1-6-22-21(23-13-15(2)10-17-8-7-9-28-17)24-14-16-11-19(26-4)20(27-5)12-18(16)25-3;/h7-9,11-12,15H,6,10,13-14H2,1-5H3,(H2,22,23,24);1H. The number of thiophene rings is 1. The van der Waals surface area contributed by atoms with E-state index in [1.807, 2.05) is 12.1 Å². The lowest BCUT2D eigenvalue weighted by Gasteiger charge is -2.16. The van der Waals surface area contributed by atoms with Crippen molar-refractivity contribution >= 4 is 41.3 Å². The van der Waals surface area contributed by atoms with Gasteiger partial charge in [-0.1, -0.05) is 13.0 Å². The number of rotatable bonds is 10. The molecule has 0 saturated heterocycles. The van der Waals surface area contributed by atoms with E-state index >= 15 is 0 Å². The number of hydrogen-bond donors (Lipinski definition) is 2. The highest BCUT2D eigenvalue weighted by Gasteiger charge is 2.12. The van der Waals surface area contributed by atoms with Crippen molar-refractivity contribution in [2.24, 2.45) is 10.9 Å². The van der Waals surface area contributed by atoms with E-state index in [1.165, 1.54) is 4.88 Å². The molecular formula is C21H32IN3O3S. The Kier molecular flexibility index (Phi) is 11.8. The van der Waals surface area contributed by atoms with Gasteiger partial charge in [-0.05, 0) is 36.8 Å². The van der Waals surface area contributed by atoms with Gasteiger partial charge in [-0.2, -0.15) is 0 Å². The van der Waals surface area contributed by atoms with E-state index in [0.29, 0.717) is 24.0 Å². The van der Waals surface area contributed by atoms with E-state index in [4.69, 9.17) is 19.2 Å². The molecule has 0 spiro atoms. The van der Waals surface area contributed by atoms with Crippen LogP contribution in [0, 0.1) is 5.92 Å². The number of aliphatic imine (C=N–C) groups is 1. The molecule has 1 aromatic carbocycles. The number of nitrogens with zero attached hydrogens (tertiary/aromatic N) is 1. The van der Waals surface area contributed by atoms with Crippen LogP contribution < -0.4 is 24.8 Å². The van der Waals surface area contributed by atoms with E-state index in [9.17, 15) is 0 Å². The molecule has 1 unspecified atom stereocenters. The number of nitrogens with one attached hydrogen (secondary N) is 2. The van der Waals surface area contributed by atoms with E-state index in [1.54, 1.807) is 32.7 Å². The number of guanidine groups is 1. The molecule has 1 aromatic heterocycles. The van der Waals surface area contributed by atoms with E-state index in [2.05, 4.69) is 42.0 Å². The number of ether oxygens (including phenoxy) is 3. The molecule has 1 atom stereocenters. The third-order valence-corrected chi connectivity index (χ3v) is 5.18. The van der Waals surface area contributed by atoms with Gasteiger partial charge in [-0.15, -0.1) is 35.3 Å². The summed E-state index contributed by atoms with van der Waals surface area (Å²) in [5.41, 5.74) is 0.934. The predicted molar refractivity (Wildman–Crippen MR) is 132 cm³/mol. The van der Waals surface area contributed by atoms with E-state index in [-0.39, 0.29) is 24.0 Å². The van der Waals surface area contributed by atoms with Crippen molar-refractivity contribution in [2.75, 3.05) is 34.4 Å². The molecule has 162 valence electrons. The molecule has 0 aliphatic heterocycles. The summed E-state index contributed by atoms with van der Waals surface area (Å²) in [5.74, 6) is 3.33. The second-order valence-electron chi connectivity index (χ2n) is 6.48. The Morgan fingerprint density at radius 2 is 1.76 bits per heavy atom. The van der Waals surface area contributed by atoms with Gasteiger partial charge < -0.3 is 24.8 Å². The first kappa shape index (κ1) is 25.4. The first-order valence-corrected chi connectivity index (χ1v) is 10.3. The van der Waals surface area contributed by atoms with Crippen LogP contribution in [0.4, 0.5) is 0 Å². The lowest BCUT2D eigenvalue weighted by Crippen LogP contribution is -2.39. The predicted octanol–water partition coefficient (Wildman–Crippen LogP) is 4.33. The molecule has 0 aliphatic carbocycles. The monoisotopic (exact) mass is 533 g/mol. The van der Waals surface area contributed by atoms with Gasteiger partial charge in [0.25, 0.3) is 0 Å². The Labute approximate surface area is 195 Å². The minimum atomic E-state index is 0. The Hall–Kier alpha value is -1.68. The molecule has 0 fully saturated rings. The summed E-state index contributed by atoms with van der Waals surface area (Å²) in [6.45, 7) is 6.43. The minimum absolute atomic E-state index is 0. The highest BCUT2D eigenvalue weighted by atomic mass is 127. The van der Waals surface area contributed by atoms with Gasteiger partial charge in [0, 0.05) is 29.6 Å². The fourth-order valence-electron chi connectivity index (χ4n) is 2.84. The third-order valence-electron chi connectivity index (χ3n) is 4.29. The van der Waals surface area contributed by atoms with E-state index in [0.717, 1.165) is 36.8 Å². The smallest absolute Gasteiger partial charge is 0.191 e. The van der Waals surface area contributed by atoms with Crippen molar-refractivity contribution in [3.8, 4) is 17.2 Å². The molecule has 0 saturated carbocycles. The van der Waals surface area contributed by atoms with Crippen LogP contribution in [0.1, 0.15) is 24.3 Å². The molecular weight excluding hydrogens is 501 g/mol. The Balaban J connectivity index is 0.00000420. The fourth-order valence-corrected chi connectivity index (χ4v) is 3.71. The molecule has 0 amide bonds. The van der Waals surface area contributed by atoms with Crippen LogP contribution in [0.3, 0.4) is 0 Å². The normalized spacial score (nSPS) is 12.0. The van der Waals surface area contributed by atoms with Crippen LogP contribution in [-0.2, 0) is 13.0 Å². The molecule has 6 nitrogen and oxygen atoms in total. The highest BCUT2D eigenvalue weighted by Crippen LogP contribution is 2.34. The van der Waals surface area contributed by atoms with Gasteiger partial charge in [0.05, 0.1) is 27.9 Å². The van der Waals surface area contributed by atoms with Gasteiger partial charge >= 0.3 is 0 Å². The van der Waals surface area contributed by atoms with Crippen molar-refractivity contribution < 1.29 is 14.2 Å². The topological polar surface area (TPSA) is 64.1 Å². The Bertz CT molecular complexity index is 754. The second kappa shape index (κ2) is 13.5. The van der Waals surface area contributed by atoms with Gasteiger partial charge in [-0.3, -0.25) is 0 Å². The minimum Gasteiger partial charge on any atom is -0.496 e. The largest absolute Gasteiger partial charge is 0.496 e. The van der Waals surface area contributed by atoms with Gasteiger partial charge in [-0.25, -0.2) is 4.99 Å². The number of methoxy groups -OCH3 is 3. The van der Waals surface area contributed by atoms with Crippen LogP contribution in [0.2, 0.25) is 0 Å². The van der Waals surface area contributed by atoms with Crippen molar-refractivity contribution in [3.63, 3.8) is 0 Å². The quantitative estimate of drug-likeness (QED) is 0.271. The number of benzene rings is 1. The SMILES string of the molecule is CCNC(=NCc1cc(OC)c(OC)cc1OC)NCC(C)Cc1cccs1.I. The van der Waals surface area contributed by atoms with Gasteiger partial charge in [0.2, 0.25) is 0 Å². The summed E-state index contributed by atoms with van der Waals surface area (Å²) in [4.78, 5) is 6.12. The molecule has 0 radical (unpaired) electrons. The maximum atomic E-state index is 5.49. The highest BCUT2D eigenvalue weighted by molar-refractivity contribution is 14.0. The van der Waals surface area contributed by atoms with Crippen molar-refractivity contribution in [2.45, 2.75) is 26.8 Å². The zero-order valence-corrected chi connectivity index (χ0v) is 20.9. The van der Waals surface area contributed by atoms with Crippen molar-refractivity contribution in [1.82, 2.24) is 10.6 Å². The summed E-state index contributed by atoms with van der Waals surface area (Å²) < 4.78 is 16.2. The summed E-state index contributed by atoms with van der Waals surface area (Å²) in [6, 6.07) is 8.02. The first-order valence-electron chi connectivity index (χ1n) is 9.44. The third kappa shape index (κ3) is 7.93. The zero-order chi connectivity index (χ0) is 20.4. The van der Waals surface area contributed by atoms with Crippen molar-refractivity contribution in [3.05, 3.63) is 40.1 Å². The molecule has 8 heteroatoms. The Morgan fingerprint density at radius 3 is 2.34 bits per heavy atom. The summed E-state index contributed by atoms with van der Waals surface area (Å²) >= 11 is 1.80. The second-order valence-corrected chi connectivity index (χ2v) is 7.52. The Morgan fingerprint density at radius 1 is 1.07 bits per heavy atom. The van der Waals surface area contributed by atoms with E-state index < -0.39 is 0 Å². The van der Waals surface area contributed by atoms with Crippen LogP contribution in [0.25, 0.3) is 0 Å². The molecule has 29 heavy (non-hydrogen) atoms. The molecule has 0 aliphatic rings. The van der Waals surface area contributed by atoms with Crippen LogP contribution in [0.15, 0.2) is 34.6 Å². The lowest BCUT2D eigenvalue weighted by atomic mass is 10.1. The van der Waals surface area contributed by atoms with Crippen molar-refractivity contribution in [1.29, 1.82) is 0 Å². The maximum absolute atomic E-state index is 5.49. The fraction of sp³-hybridized carbons (Fsp3) is 0.476. The average molecular weight is 533 g/mol. The summed E-state index contributed by atoms with van der Waals surface area (Å²) in [7, 11) is 4.88. The molecule has 2 rings (SSSR count). The maximum Gasteiger partial charge on any atom is 0.191 e. The average Bonchev–Trinajstić information content (AvgIpc) is 3.22. The molecule has 2 aromatic rings. The summed E-state index contributed by atoms with van der Waals surface area (Å²) in [6.07, 6.45) is 1.06. The first-order chi connectivity index (χ1) is 13.6. The molecule has 2 N–H and O–H groups in total. The number of hydrogen-bond acceptors (Lipinski definition) is 5. The number of halogens is 1. The van der Waals surface area contributed by atoms with Gasteiger partial charge in [0.15, 0.2) is 17.5 Å². The zero-order valence-electron chi connectivity index (χ0n) is 17.8. The lowest BCUT2D eigenvalue weighted by molar-refractivity contribution is 0.347. The van der Waals surface area contributed by atoms with Gasteiger partial charge in [0.1, 0.15) is 5.75 Å². The summed E-state index contributed by atoms with van der Waals surface area (Å²) in [5, 5.41) is 8.86.